The van der Waals surface area contributed by atoms with E-state index >= 15 is 0 Å². The van der Waals surface area contributed by atoms with Gasteiger partial charge in [-0.05, 0) is 60.7 Å². The summed E-state index contributed by atoms with van der Waals surface area (Å²) >= 11 is 2.31. The van der Waals surface area contributed by atoms with Crippen LogP contribution in [0.5, 0.6) is 5.75 Å². The summed E-state index contributed by atoms with van der Waals surface area (Å²) in [6.45, 7) is 0.586. The molecule has 0 spiro atoms. The van der Waals surface area contributed by atoms with Gasteiger partial charge < -0.3 is 4.74 Å². The second kappa shape index (κ2) is 15.0. The molecule has 0 atom stereocenters. The first-order chi connectivity index (χ1) is 20.8. The maximum Gasteiger partial charge on any atom is 0.136 e. The van der Waals surface area contributed by atoms with Gasteiger partial charge in [0, 0.05) is 43.4 Å². The SMILES string of the molecule is ICCOc1cccc(C#Cc2ccccc2C#Cc2ccccc2)c1C#Cc1ccccc1C#Cc1ccccc1. The van der Waals surface area contributed by atoms with E-state index in [1.807, 2.05) is 127 Å². The van der Waals surface area contributed by atoms with Crippen molar-refractivity contribution >= 4 is 22.6 Å². The zero-order chi connectivity index (χ0) is 28.8. The van der Waals surface area contributed by atoms with Gasteiger partial charge in [-0.1, -0.05) is 137 Å². The molecule has 0 saturated carbocycles. The molecular weight excluding hydrogens is 623 g/mol. The Bertz CT molecular complexity index is 1930. The van der Waals surface area contributed by atoms with E-state index in [4.69, 9.17) is 4.74 Å². The van der Waals surface area contributed by atoms with Crippen LogP contribution in [-0.4, -0.2) is 11.0 Å². The minimum Gasteiger partial charge on any atom is -0.491 e. The van der Waals surface area contributed by atoms with Crippen LogP contribution in [0, 0.1) is 47.4 Å². The van der Waals surface area contributed by atoms with Crippen LogP contribution in [0.25, 0.3) is 0 Å². The van der Waals surface area contributed by atoms with E-state index in [1.165, 1.54) is 0 Å². The summed E-state index contributed by atoms with van der Waals surface area (Å²) in [5.74, 6) is 27.2. The van der Waals surface area contributed by atoms with E-state index in [-0.39, 0.29) is 0 Å². The van der Waals surface area contributed by atoms with E-state index in [0.29, 0.717) is 6.61 Å². The lowest BCUT2D eigenvalue weighted by atomic mass is 10.0. The van der Waals surface area contributed by atoms with Gasteiger partial charge >= 0.3 is 0 Å². The van der Waals surface area contributed by atoms with Gasteiger partial charge in [-0.2, -0.15) is 0 Å². The summed E-state index contributed by atoms with van der Waals surface area (Å²) in [6, 6.07) is 41.7. The first kappa shape index (κ1) is 28.4. The molecule has 0 saturated heterocycles. The molecule has 0 heterocycles. The molecule has 5 rings (SSSR count). The molecule has 2 heteroatoms. The Morgan fingerprint density at radius 2 is 0.810 bits per heavy atom. The van der Waals surface area contributed by atoms with Crippen LogP contribution in [-0.2, 0) is 0 Å². The van der Waals surface area contributed by atoms with Crippen LogP contribution in [0.1, 0.15) is 44.5 Å². The average molecular weight is 649 g/mol. The Morgan fingerprint density at radius 3 is 1.31 bits per heavy atom. The van der Waals surface area contributed by atoms with Crippen molar-refractivity contribution in [2.24, 2.45) is 0 Å². The number of ether oxygens (including phenoxy) is 1. The molecule has 0 amide bonds. The zero-order valence-electron chi connectivity index (χ0n) is 22.8. The fraction of sp³-hybridized carbons (Fsp3) is 0.0500. The van der Waals surface area contributed by atoms with Crippen molar-refractivity contribution in [3.63, 3.8) is 0 Å². The maximum absolute atomic E-state index is 6.09. The molecule has 0 N–H and O–H groups in total. The lowest BCUT2D eigenvalue weighted by molar-refractivity contribution is 0.345. The summed E-state index contributed by atoms with van der Waals surface area (Å²) in [5.41, 5.74) is 6.95. The van der Waals surface area contributed by atoms with Crippen molar-refractivity contribution in [1.29, 1.82) is 0 Å². The van der Waals surface area contributed by atoms with E-state index < -0.39 is 0 Å². The number of hydrogen-bond donors (Lipinski definition) is 0. The van der Waals surface area contributed by atoms with Gasteiger partial charge in [0.15, 0.2) is 0 Å². The predicted octanol–water partition coefficient (Wildman–Crippen LogP) is 8.10. The van der Waals surface area contributed by atoms with E-state index in [2.05, 4.69) is 70.0 Å². The summed E-state index contributed by atoms with van der Waals surface area (Å²) in [4.78, 5) is 0. The topological polar surface area (TPSA) is 9.23 Å². The predicted molar refractivity (Wildman–Crippen MR) is 181 cm³/mol. The lowest BCUT2D eigenvalue weighted by Crippen LogP contribution is -2.01. The molecule has 0 fully saturated rings. The van der Waals surface area contributed by atoms with Crippen LogP contribution >= 0.6 is 22.6 Å². The Morgan fingerprint density at radius 1 is 0.405 bits per heavy atom. The highest BCUT2D eigenvalue weighted by molar-refractivity contribution is 14.1. The summed E-state index contributed by atoms with van der Waals surface area (Å²) in [7, 11) is 0. The third-order valence-corrected chi connectivity index (χ3v) is 6.54. The van der Waals surface area contributed by atoms with Crippen molar-refractivity contribution in [2.75, 3.05) is 11.0 Å². The van der Waals surface area contributed by atoms with Crippen LogP contribution < -0.4 is 4.74 Å². The normalized spacial score (nSPS) is 9.45. The zero-order valence-corrected chi connectivity index (χ0v) is 25.0. The average Bonchev–Trinajstić information content (AvgIpc) is 3.05. The largest absolute Gasteiger partial charge is 0.491 e. The van der Waals surface area contributed by atoms with E-state index in [9.17, 15) is 0 Å². The van der Waals surface area contributed by atoms with Crippen LogP contribution in [0.3, 0.4) is 0 Å². The van der Waals surface area contributed by atoms with Crippen molar-refractivity contribution in [2.45, 2.75) is 0 Å². The van der Waals surface area contributed by atoms with Crippen LogP contribution in [0.15, 0.2) is 127 Å². The highest BCUT2D eigenvalue weighted by atomic mass is 127. The fourth-order valence-corrected chi connectivity index (χ4v) is 4.24. The van der Waals surface area contributed by atoms with Gasteiger partial charge in [0.2, 0.25) is 0 Å². The number of alkyl halides is 1. The quantitative estimate of drug-likeness (QED) is 0.109. The molecule has 5 aromatic rings. The lowest BCUT2D eigenvalue weighted by Gasteiger charge is -2.08. The molecule has 0 aromatic heterocycles. The highest BCUT2D eigenvalue weighted by Gasteiger charge is 2.07. The third kappa shape index (κ3) is 7.96. The van der Waals surface area contributed by atoms with Gasteiger partial charge in [-0.3, -0.25) is 0 Å². The van der Waals surface area contributed by atoms with Gasteiger partial charge in [0.1, 0.15) is 5.75 Å². The molecule has 1 nitrogen and oxygen atoms in total. The number of halogens is 1. The molecule has 0 radical (unpaired) electrons. The first-order valence-electron chi connectivity index (χ1n) is 13.5. The Hall–Kier alpha value is -5.13. The molecule has 42 heavy (non-hydrogen) atoms. The Kier molecular flexibility index (Phi) is 10.2. The Balaban J connectivity index is 1.52. The number of rotatable bonds is 3. The molecular formula is C40H25IO. The number of benzene rings is 5. The summed E-state index contributed by atoms with van der Waals surface area (Å²) < 4.78 is 6.95. The highest BCUT2D eigenvalue weighted by Crippen LogP contribution is 2.22. The Labute approximate surface area is 262 Å². The van der Waals surface area contributed by atoms with Crippen molar-refractivity contribution in [1.82, 2.24) is 0 Å². The first-order valence-corrected chi connectivity index (χ1v) is 15.0. The van der Waals surface area contributed by atoms with Crippen LogP contribution in [0.2, 0.25) is 0 Å². The molecule has 0 aliphatic rings. The second-order valence-electron chi connectivity index (χ2n) is 9.04. The molecule has 0 unspecified atom stereocenters. The minimum atomic E-state index is 0.586. The van der Waals surface area contributed by atoms with Gasteiger partial charge in [-0.15, -0.1) is 0 Å². The van der Waals surface area contributed by atoms with Gasteiger partial charge in [0.05, 0.1) is 12.2 Å². The fourth-order valence-electron chi connectivity index (χ4n) is 4.02. The monoisotopic (exact) mass is 648 g/mol. The molecule has 5 aromatic carbocycles. The van der Waals surface area contributed by atoms with E-state index in [1.54, 1.807) is 0 Å². The third-order valence-electron chi connectivity index (χ3n) is 6.10. The van der Waals surface area contributed by atoms with Gasteiger partial charge in [0.25, 0.3) is 0 Å². The number of hydrogen-bond acceptors (Lipinski definition) is 1. The second-order valence-corrected chi connectivity index (χ2v) is 10.1. The van der Waals surface area contributed by atoms with Crippen molar-refractivity contribution in [3.8, 4) is 53.1 Å². The summed E-state index contributed by atoms with van der Waals surface area (Å²) in [6.07, 6.45) is 0. The molecule has 198 valence electrons. The van der Waals surface area contributed by atoms with Gasteiger partial charge in [-0.25, -0.2) is 0 Å². The van der Waals surface area contributed by atoms with E-state index in [0.717, 1.165) is 54.7 Å². The van der Waals surface area contributed by atoms with Crippen molar-refractivity contribution < 1.29 is 4.74 Å². The van der Waals surface area contributed by atoms with Crippen LogP contribution in [0.4, 0.5) is 0 Å². The molecule has 0 aliphatic heterocycles. The standard InChI is InChI=1S/C40H25IO/c41-30-31-42-40-21-11-20-38(27-26-36-18-9-7-16-34(36)24-22-32-12-3-1-4-13-32)39(40)29-28-37-19-10-8-17-35(37)25-23-33-14-5-2-6-15-33/h1-21H,30-31H2. The minimum absolute atomic E-state index is 0.586. The smallest absolute Gasteiger partial charge is 0.136 e. The molecule has 0 aliphatic carbocycles. The maximum atomic E-state index is 6.09. The summed E-state index contributed by atoms with van der Waals surface area (Å²) in [5, 5.41) is 0. The van der Waals surface area contributed by atoms with Crippen molar-refractivity contribution in [3.05, 3.63) is 172 Å². The molecule has 0 bridgehead atoms.